The molecule has 0 atom stereocenters. The van der Waals surface area contributed by atoms with Gasteiger partial charge in [0.15, 0.2) is 0 Å². The summed E-state index contributed by atoms with van der Waals surface area (Å²) in [4.78, 5) is 11.4. The normalized spacial score (nSPS) is 10.2. The highest BCUT2D eigenvalue weighted by molar-refractivity contribution is 7.14. The van der Waals surface area contributed by atoms with E-state index in [0.29, 0.717) is 5.56 Å². The molecule has 2 aromatic rings. The molecule has 0 radical (unpaired) electrons. The molecule has 0 spiro atoms. The SMILES string of the molecule is CCOC(=O)c1nnc(OCc2ccccc2F)s1. The van der Waals surface area contributed by atoms with Gasteiger partial charge < -0.3 is 9.47 Å². The number of carbonyl (C=O) groups is 1. The van der Waals surface area contributed by atoms with Gasteiger partial charge in [-0.1, -0.05) is 23.3 Å². The van der Waals surface area contributed by atoms with Crippen molar-refractivity contribution >= 4 is 17.3 Å². The number of halogens is 1. The Morgan fingerprint density at radius 1 is 1.37 bits per heavy atom. The summed E-state index contributed by atoms with van der Waals surface area (Å²) < 4.78 is 23.4. The third kappa shape index (κ3) is 3.47. The lowest BCUT2D eigenvalue weighted by Gasteiger charge is -2.02. The molecule has 0 N–H and O–H groups in total. The van der Waals surface area contributed by atoms with E-state index in [1.165, 1.54) is 6.07 Å². The second-order valence-electron chi connectivity index (χ2n) is 3.47. The van der Waals surface area contributed by atoms with Crippen molar-refractivity contribution in [2.45, 2.75) is 13.5 Å². The van der Waals surface area contributed by atoms with Crippen LogP contribution in [0.3, 0.4) is 0 Å². The number of hydrogen-bond donors (Lipinski definition) is 0. The summed E-state index contributed by atoms with van der Waals surface area (Å²) in [6, 6.07) is 6.28. The van der Waals surface area contributed by atoms with Gasteiger partial charge in [0, 0.05) is 5.56 Å². The average Bonchev–Trinajstić information content (AvgIpc) is 2.87. The Hall–Kier alpha value is -2.02. The van der Waals surface area contributed by atoms with E-state index in [-0.39, 0.29) is 29.2 Å². The van der Waals surface area contributed by atoms with E-state index in [2.05, 4.69) is 10.2 Å². The second-order valence-corrected chi connectivity index (χ2v) is 4.41. The van der Waals surface area contributed by atoms with Gasteiger partial charge >= 0.3 is 5.97 Å². The molecule has 5 nitrogen and oxygen atoms in total. The first-order chi connectivity index (χ1) is 9.20. The Morgan fingerprint density at radius 2 is 2.16 bits per heavy atom. The van der Waals surface area contributed by atoms with Crippen LogP contribution in [-0.4, -0.2) is 22.8 Å². The molecule has 0 saturated heterocycles. The minimum Gasteiger partial charge on any atom is -0.464 e. The van der Waals surface area contributed by atoms with Crippen LogP contribution in [0.5, 0.6) is 5.19 Å². The molecule has 0 aliphatic rings. The van der Waals surface area contributed by atoms with Crippen LogP contribution in [0.2, 0.25) is 0 Å². The summed E-state index contributed by atoms with van der Waals surface area (Å²) >= 11 is 0.965. The van der Waals surface area contributed by atoms with Crippen LogP contribution in [-0.2, 0) is 11.3 Å². The lowest BCUT2D eigenvalue weighted by atomic mass is 10.2. The fraction of sp³-hybridized carbons (Fsp3) is 0.250. The van der Waals surface area contributed by atoms with Crippen molar-refractivity contribution in [2.75, 3.05) is 6.61 Å². The smallest absolute Gasteiger partial charge is 0.369 e. The molecule has 0 saturated carbocycles. The van der Waals surface area contributed by atoms with E-state index in [0.717, 1.165) is 11.3 Å². The highest BCUT2D eigenvalue weighted by atomic mass is 32.1. The van der Waals surface area contributed by atoms with Gasteiger partial charge in [0.05, 0.1) is 6.61 Å². The van der Waals surface area contributed by atoms with Crippen LogP contribution in [0, 0.1) is 5.82 Å². The molecule has 0 aliphatic heterocycles. The van der Waals surface area contributed by atoms with Gasteiger partial charge in [-0.15, -0.1) is 5.10 Å². The maximum absolute atomic E-state index is 13.3. The van der Waals surface area contributed by atoms with Gasteiger partial charge in [0.25, 0.3) is 5.19 Å². The first-order valence-corrected chi connectivity index (χ1v) is 6.39. The molecule has 2 rings (SSSR count). The summed E-state index contributed by atoms with van der Waals surface area (Å²) in [6.07, 6.45) is 0. The van der Waals surface area contributed by atoms with Crippen LogP contribution in [0.15, 0.2) is 24.3 Å². The summed E-state index contributed by atoms with van der Waals surface area (Å²) in [7, 11) is 0. The average molecular weight is 282 g/mol. The molecule has 1 heterocycles. The molecule has 0 fully saturated rings. The summed E-state index contributed by atoms with van der Waals surface area (Å²) in [5, 5.41) is 7.65. The Kier molecular flexibility index (Phi) is 4.40. The second kappa shape index (κ2) is 6.24. The van der Waals surface area contributed by atoms with Crippen LogP contribution in [0.4, 0.5) is 4.39 Å². The van der Waals surface area contributed by atoms with Crippen LogP contribution >= 0.6 is 11.3 Å². The van der Waals surface area contributed by atoms with Crippen molar-refractivity contribution in [1.82, 2.24) is 10.2 Å². The maximum Gasteiger partial charge on any atom is 0.369 e. The zero-order valence-corrected chi connectivity index (χ0v) is 10.9. The lowest BCUT2D eigenvalue weighted by Crippen LogP contribution is -2.03. The fourth-order valence-electron chi connectivity index (χ4n) is 1.30. The highest BCUT2D eigenvalue weighted by Crippen LogP contribution is 2.20. The van der Waals surface area contributed by atoms with Gasteiger partial charge in [-0.2, -0.15) is 0 Å². The molecule has 7 heteroatoms. The Bertz CT molecular complexity index is 574. The van der Waals surface area contributed by atoms with E-state index in [4.69, 9.17) is 9.47 Å². The van der Waals surface area contributed by atoms with Gasteiger partial charge in [0.2, 0.25) is 5.01 Å². The molecular weight excluding hydrogens is 271 g/mol. The van der Waals surface area contributed by atoms with Crippen molar-refractivity contribution in [3.05, 3.63) is 40.7 Å². The van der Waals surface area contributed by atoms with Crippen molar-refractivity contribution in [3.8, 4) is 5.19 Å². The van der Waals surface area contributed by atoms with Gasteiger partial charge in [-0.3, -0.25) is 0 Å². The van der Waals surface area contributed by atoms with Gasteiger partial charge in [0.1, 0.15) is 12.4 Å². The molecule has 0 bridgehead atoms. The van der Waals surface area contributed by atoms with Crippen LogP contribution in [0.1, 0.15) is 22.3 Å². The predicted octanol–water partition coefficient (Wildman–Crippen LogP) is 2.43. The molecule has 1 aromatic heterocycles. The van der Waals surface area contributed by atoms with Crippen LogP contribution in [0.25, 0.3) is 0 Å². The minimum absolute atomic E-state index is 0.0319. The van der Waals surface area contributed by atoms with Crippen LogP contribution < -0.4 is 4.74 Å². The largest absolute Gasteiger partial charge is 0.464 e. The third-order valence-corrected chi connectivity index (χ3v) is 2.98. The third-order valence-electron chi connectivity index (χ3n) is 2.17. The van der Waals surface area contributed by atoms with E-state index >= 15 is 0 Å². The molecule has 1 aromatic carbocycles. The van der Waals surface area contributed by atoms with Crippen molar-refractivity contribution < 1.29 is 18.7 Å². The number of hydrogen-bond acceptors (Lipinski definition) is 6. The number of carbonyl (C=O) groups excluding carboxylic acids is 1. The molecule has 100 valence electrons. The van der Waals surface area contributed by atoms with Crippen molar-refractivity contribution in [1.29, 1.82) is 0 Å². The number of ether oxygens (including phenoxy) is 2. The van der Waals surface area contributed by atoms with E-state index in [1.807, 2.05) is 0 Å². The Labute approximate surface area is 113 Å². The highest BCUT2D eigenvalue weighted by Gasteiger charge is 2.14. The lowest BCUT2D eigenvalue weighted by molar-refractivity contribution is 0.0525. The van der Waals surface area contributed by atoms with E-state index < -0.39 is 5.97 Å². The number of benzene rings is 1. The molecular formula is C12H11FN2O3S. The summed E-state index contributed by atoms with van der Waals surface area (Å²) in [5.74, 6) is -0.890. The maximum atomic E-state index is 13.3. The predicted molar refractivity (Wildman–Crippen MR) is 66.6 cm³/mol. The summed E-state index contributed by atoms with van der Waals surface area (Å²) in [6.45, 7) is 2.00. The summed E-state index contributed by atoms with van der Waals surface area (Å²) in [5.41, 5.74) is 0.412. The zero-order chi connectivity index (χ0) is 13.7. The molecule has 0 amide bonds. The number of rotatable bonds is 5. The van der Waals surface area contributed by atoms with E-state index in [1.54, 1.807) is 25.1 Å². The van der Waals surface area contributed by atoms with Gasteiger partial charge in [-0.05, 0) is 24.3 Å². The first kappa shape index (κ1) is 13.4. The Balaban J connectivity index is 1.97. The number of esters is 1. The molecule has 19 heavy (non-hydrogen) atoms. The van der Waals surface area contributed by atoms with Crippen molar-refractivity contribution in [2.24, 2.45) is 0 Å². The topological polar surface area (TPSA) is 61.3 Å². The molecule has 0 unspecified atom stereocenters. The monoisotopic (exact) mass is 282 g/mol. The number of nitrogens with zero attached hydrogens (tertiary/aromatic N) is 2. The van der Waals surface area contributed by atoms with E-state index in [9.17, 15) is 9.18 Å². The number of aromatic nitrogens is 2. The minimum atomic E-state index is -0.541. The standard InChI is InChI=1S/C12H11FN2O3S/c1-2-17-11(16)10-14-15-12(19-10)18-7-8-5-3-4-6-9(8)13/h3-6H,2,7H2,1H3. The quantitative estimate of drug-likeness (QED) is 0.788. The Morgan fingerprint density at radius 3 is 2.89 bits per heavy atom. The molecule has 0 aliphatic carbocycles. The van der Waals surface area contributed by atoms with Gasteiger partial charge in [-0.25, -0.2) is 9.18 Å². The first-order valence-electron chi connectivity index (χ1n) is 5.57. The fourth-order valence-corrected chi connectivity index (χ4v) is 1.89. The zero-order valence-electron chi connectivity index (χ0n) is 10.1. The van der Waals surface area contributed by atoms with Crippen molar-refractivity contribution in [3.63, 3.8) is 0 Å².